The van der Waals surface area contributed by atoms with Crippen LogP contribution in [0.3, 0.4) is 0 Å². The van der Waals surface area contributed by atoms with E-state index in [1.807, 2.05) is 0 Å². The van der Waals surface area contributed by atoms with E-state index in [4.69, 9.17) is 0 Å². The largest absolute Gasteiger partial charge is 0.391 e. The molecule has 0 aromatic carbocycles. The number of hydrogen-bond donors (Lipinski definition) is 1. The molecule has 3 heteroatoms. The third-order valence-corrected chi connectivity index (χ3v) is 4.74. The molecular weight excluding hydrogens is 260 g/mol. The Labute approximate surface area is 131 Å². The maximum absolute atomic E-state index is 9.29. The van der Waals surface area contributed by atoms with Crippen molar-refractivity contribution in [1.29, 1.82) is 0 Å². The van der Waals surface area contributed by atoms with Gasteiger partial charge in [-0.3, -0.25) is 4.48 Å². The molecule has 0 spiro atoms. The van der Waals surface area contributed by atoms with Gasteiger partial charge < -0.3 is 5.11 Å². The Kier molecular flexibility index (Phi) is 9.60. The maximum Gasteiger partial charge on any atom is 0.182 e. The van der Waals surface area contributed by atoms with Crippen LogP contribution in [0, 0.1) is 0 Å². The molecule has 1 aliphatic heterocycles. The van der Waals surface area contributed by atoms with Gasteiger partial charge in [0, 0.05) is 6.42 Å². The Morgan fingerprint density at radius 2 is 1.90 bits per heavy atom. The molecule has 1 heterocycles. The summed E-state index contributed by atoms with van der Waals surface area (Å²) in [5.74, 6) is 0. The van der Waals surface area contributed by atoms with Crippen LogP contribution in [0.25, 0.3) is 0 Å². The van der Waals surface area contributed by atoms with Gasteiger partial charge >= 0.3 is 0 Å². The highest BCUT2D eigenvalue weighted by molar-refractivity contribution is 5.60. The van der Waals surface area contributed by atoms with Crippen LogP contribution in [0.4, 0.5) is 0 Å². The first kappa shape index (κ1) is 18.4. The number of aliphatic hydroxyl groups is 1. The Morgan fingerprint density at radius 3 is 2.62 bits per heavy atom. The molecule has 1 rings (SSSR count). The fourth-order valence-electron chi connectivity index (χ4n) is 3.23. The standard InChI is InChI=1S/C18H35N2O/c1-3-5-6-7-8-9-10-11-12-13-18-19-14-15-20(18,4-2)16-17-21/h6-7,14,18,21H,3-5,8-13,15-17H2,1-2H3/q+1/b7-6+. The second-order valence-electron chi connectivity index (χ2n) is 6.23. The van der Waals surface area contributed by atoms with Gasteiger partial charge in [-0.05, 0) is 32.6 Å². The van der Waals surface area contributed by atoms with Crippen LogP contribution in [0.15, 0.2) is 17.1 Å². The number of allylic oxidation sites excluding steroid dienone is 2. The predicted molar refractivity (Wildman–Crippen MR) is 91.7 cm³/mol. The molecule has 0 aromatic heterocycles. The normalized spacial score (nSPS) is 25.2. The van der Waals surface area contributed by atoms with Crippen molar-refractivity contribution in [2.75, 3.05) is 26.2 Å². The van der Waals surface area contributed by atoms with Crippen molar-refractivity contribution in [1.82, 2.24) is 0 Å². The summed E-state index contributed by atoms with van der Waals surface area (Å²) in [5.41, 5.74) is 0. The lowest BCUT2D eigenvalue weighted by Crippen LogP contribution is -2.53. The van der Waals surface area contributed by atoms with E-state index in [-0.39, 0.29) is 6.61 Å². The second-order valence-corrected chi connectivity index (χ2v) is 6.23. The van der Waals surface area contributed by atoms with Gasteiger partial charge in [-0.25, -0.2) is 4.99 Å². The van der Waals surface area contributed by atoms with Crippen molar-refractivity contribution in [2.24, 2.45) is 4.99 Å². The molecule has 0 aliphatic carbocycles. The number of hydrogen-bond acceptors (Lipinski definition) is 2. The maximum atomic E-state index is 9.29. The Hall–Kier alpha value is -0.670. The highest BCUT2D eigenvalue weighted by Crippen LogP contribution is 2.23. The highest BCUT2D eigenvalue weighted by Gasteiger charge is 2.36. The van der Waals surface area contributed by atoms with Crippen LogP contribution in [0.1, 0.15) is 65.2 Å². The lowest BCUT2D eigenvalue weighted by atomic mass is 10.1. The summed E-state index contributed by atoms with van der Waals surface area (Å²) in [4.78, 5) is 4.67. The third-order valence-electron chi connectivity index (χ3n) is 4.74. The van der Waals surface area contributed by atoms with Gasteiger partial charge in [0.05, 0.1) is 19.4 Å². The van der Waals surface area contributed by atoms with Crippen molar-refractivity contribution in [3.05, 3.63) is 12.2 Å². The van der Waals surface area contributed by atoms with Crippen molar-refractivity contribution < 1.29 is 9.59 Å². The van der Waals surface area contributed by atoms with Crippen LogP contribution >= 0.6 is 0 Å². The SMILES string of the molecule is CCC/C=C/CCCCCCC1N=CC[N+]1(CC)CCO. The first-order valence-electron chi connectivity index (χ1n) is 8.92. The van der Waals surface area contributed by atoms with E-state index in [0.717, 1.165) is 24.1 Å². The molecule has 3 nitrogen and oxygen atoms in total. The van der Waals surface area contributed by atoms with Gasteiger partial charge in [-0.2, -0.15) is 0 Å². The molecule has 1 N–H and O–H groups in total. The average molecular weight is 295 g/mol. The third kappa shape index (κ3) is 6.31. The quantitative estimate of drug-likeness (QED) is 0.330. The summed E-state index contributed by atoms with van der Waals surface area (Å²) in [7, 11) is 0. The van der Waals surface area contributed by atoms with E-state index in [0.29, 0.717) is 6.17 Å². The number of quaternary nitrogens is 1. The summed E-state index contributed by atoms with van der Waals surface area (Å²) < 4.78 is 0.969. The minimum absolute atomic E-state index is 0.276. The zero-order valence-corrected chi connectivity index (χ0v) is 14.1. The zero-order chi connectivity index (χ0) is 15.4. The molecule has 0 saturated heterocycles. The minimum Gasteiger partial charge on any atom is -0.391 e. The van der Waals surface area contributed by atoms with Gasteiger partial charge in [-0.1, -0.05) is 38.3 Å². The molecule has 0 radical (unpaired) electrons. The van der Waals surface area contributed by atoms with Crippen molar-refractivity contribution in [2.45, 2.75) is 71.4 Å². The summed E-state index contributed by atoms with van der Waals surface area (Å²) in [6.45, 7) is 7.65. The average Bonchev–Trinajstić information content (AvgIpc) is 2.89. The number of aliphatic imine (C=N–C) groups is 1. The smallest absolute Gasteiger partial charge is 0.182 e. The number of unbranched alkanes of at least 4 members (excludes halogenated alkanes) is 5. The van der Waals surface area contributed by atoms with E-state index in [9.17, 15) is 5.11 Å². The number of nitrogens with zero attached hydrogens (tertiary/aromatic N) is 2. The van der Waals surface area contributed by atoms with Gasteiger partial charge in [0.1, 0.15) is 13.1 Å². The van der Waals surface area contributed by atoms with Gasteiger partial charge in [0.2, 0.25) is 0 Å². The van der Waals surface area contributed by atoms with E-state index in [1.54, 1.807) is 0 Å². The van der Waals surface area contributed by atoms with Crippen molar-refractivity contribution in [3.8, 4) is 0 Å². The molecule has 122 valence electrons. The molecule has 0 bridgehead atoms. The predicted octanol–water partition coefficient (Wildman–Crippen LogP) is 3.92. The number of likely N-dealkylation sites (N-methyl/N-ethyl adjacent to an activating group) is 1. The van der Waals surface area contributed by atoms with Crippen LogP contribution in [0.2, 0.25) is 0 Å². The van der Waals surface area contributed by atoms with E-state index < -0.39 is 0 Å². The van der Waals surface area contributed by atoms with Crippen LogP contribution in [-0.4, -0.2) is 48.2 Å². The molecule has 21 heavy (non-hydrogen) atoms. The molecule has 2 atom stereocenters. The highest BCUT2D eigenvalue weighted by atomic mass is 16.3. The summed E-state index contributed by atoms with van der Waals surface area (Å²) in [5, 5.41) is 9.29. The molecule has 0 amide bonds. The molecule has 0 saturated carbocycles. The Balaban J connectivity index is 2.13. The summed E-state index contributed by atoms with van der Waals surface area (Å²) >= 11 is 0. The van der Waals surface area contributed by atoms with Gasteiger partial charge in [0.25, 0.3) is 0 Å². The fraction of sp³-hybridized carbons (Fsp3) is 0.833. The Morgan fingerprint density at radius 1 is 1.14 bits per heavy atom. The van der Waals surface area contributed by atoms with Crippen LogP contribution in [0.5, 0.6) is 0 Å². The van der Waals surface area contributed by atoms with E-state index >= 15 is 0 Å². The fourth-order valence-corrected chi connectivity index (χ4v) is 3.23. The lowest BCUT2D eigenvalue weighted by Gasteiger charge is -2.37. The van der Waals surface area contributed by atoms with Crippen molar-refractivity contribution >= 4 is 6.21 Å². The molecule has 0 fully saturated rings. The van der Waals surface area contributed by atoms with Crippen LogP contribution < -0.4 is 0 Å². The van der Waals surface area contributed by atoms with Crippen molar-refractivity contribution in [3.63, 3.8) is 0 Å². The van der Waals surface area contributed by atoms with E-state index in [1.165, 1.54) is 51.4 Å². The monoisotopic (exact) mass is 295 g/mol. The first-order valence-corrected chi connectivity index (χ1v) is 8.92. The van der Waals surface area contributed by atoms with Gasteiger partial charge in [-0.15, -0.1) is 0 Å². The number of rotatable bonds is 12. The Bertz CT molecular complexity index is 314. The summed E-state index contributed by atoms with van der Waals surface area (Å²) in [6, 6.07) is 0. The minimum atomic E-state index is 0.276. The zero-order valence-electron chi connectivity index (χ0n) is 14.1. The molecule has 2 unspecified atom stereocenters. The molecular formula is C18H35N2O+. The number of aliphatic hydroxyl groups excluding tert-OH is 1. The van der Waals surface area contributed by atoms with Gasteiger partial charge in [0.15, 0.2) is 6.17 Å². The summed E-state index contributed by atoms with van der Waals surface area (Å²) in [6.07, 6.45) is 17.2. The topological polar surface area (TPSA) is 32.6 Å². The lowest BCUT2D eigenvalue weighted by molar-refractivity contribution is -0.936. The first-order chi connectivity index (χ1) is 10.3. The van der Waals surface area contributed by atoms with Crippen LogP contribution in [-0.2, 0) is 0 Å². The molecule has 0 aromatic rings. The van der Waals surface area contributed by atoms with E-state index in [2.05, 4.69) is 37.2 Å². The second kappa shape index (κ2) is 11.0. The molecule has 1 aliphatic rings.